The van der Waals surface area contributed by atoms with Crippen molar-refractivity contribution in [3.63, 3.8) is 0 Å². The Kier molecular flexibility index (Phi) is 6.40. The van der Waals surface area contributed by atoms with Gasteiger partial charge in [-0.1, -0.05) is 55.5 Å². The van der Waals surface area contributed by atoms with Crippen LogP contribution in [0, 0.1) is 0 Å². The van der Waals surface area contributed by atoms with Crippen molar-refractivity contribution in [1.29, 1.82) is 0 Å². The zero-order chi connectivity index (χ0) is 26.0. The van der Waals surface area contributed by atoms with Crippen LogP contribution in [0.1, 0.15) is 30.9 Å². The molecule has 37 heavy (non-hydrogen) atoms. The summed E-state index contributed by atoms with van der Waals surface area (Å²) in [7, 11) is 1.62. The molecule has 0 saturated carbocycles. The number of imide groups is 1. The van der Waals surface area contributed by atoms with Gasteiger partial charge in [-0.05, 0) is 59.9 Å². The van der Waals surface area contributed by atoms with Gasteiger partial charge in [0, 0.05) is 23.0 Å². The van der Waals surface area contributed by atoms with Crippen LogP contribution in [-0.2, 0) is 21.5 Å². The molecule has 1 saturated heterocycles. The van der Waals surface area contributed by atoms with Gasteiger partial charge in [0.1, 0.15) is 11.3 Å². The number of carbonyl (C=O) groups excluding carboxylic acids is 3. The van der Waals surface area contributed by atoms with Crippen LogP contribution in [0.2, 0.25) is 0 Å². The molecule has 0 unspecified atom stereocenters. The number of methoxy groups -OCH3 is 1. The number of nitrogens with zero attached hydrogens (tertiary/aromatic N) is 1. The lowest BCUT2D eigenvalue weighted by Crippen LogP contribution is -2.48. The molecular weight excluding hydrogens is 468 g/mol. The molecule has 2 heterocycles. The second-order valence-corrected chi connectivity index (χ2v) is 8.98. The number of aromatic nitrogens is 1. The Hall–Kier alpha value is -4.59. The Bertz CT molecular complexity index is 1460. The summed E-state index contributed by atoms with van der Waals surface area (Å²) in [5.41, 5.74) is 5.84. The number of nitrogens with one attached hydrogen (secondary N) is 3. The van der Waals surface area contributed by atoms with Gasteiger partial charge in [0.2, 0.25) is 5.91 Å². The highest BCUT2D eigenvalue weighted by Crippen LogP contribution is 2.33. The van der Waals surface area contributed by atoms with Crippen molar-refractivity contribution in [1.82, 2.24) is 20.7 Å². The molecule has 8 nitrogen and oxygen atoms in total. The molecule has 4 aromatic rings. The average Bonchev–Trinajstić information content (AvgIpc) is 3.43. The largest absolute Gasteiger partial charge is 0.497 e. The fourth-order valence-electron chi connectivity index (χ4n) is 4.92. The van der Waals surface area contributed by atoms with Crippen molar-refractivity contribution in [2.45, 2.75) is 31.7 Å². The zero-order valence-corrected chi connectivity index (χ0v) is 20.7. The first-order valence-electron chi connectivity index (χ1n) is 12.2. The summed E-state index contributed by atoms with van der Waals surface area (Å²) in [6.45, 7) is 1.83. The molecule has 8 heteroatoms. The first kappa shape index (κ1) is 24.1. The van der Waals surface area contributed by atoms with Crippen molar-refractivity contribution in [2.75, 3.05) is 7.11 Å². The number of carbonyl (C=O) groups is 3. The summed E-state index contributed by atoms with van der Waals surface area (Å²) >= 11 is 0. The predicted molar refractivity (Wildman–Crippen MR) is 141 cm³/mol. The monoisotopic (exact) mass is 496 g/mol. The van der Waals surface area contributed by atoms with Crippen molar-refractivity contribution < 1.29 is 19.1 Å². The number of urea groups is 1. The van der Waals surface area contributed by atoms with Crippen LogP contribution in [0.15, 0.2) is 78.9 Å². The Balaban J connectivity index is 1.35. The number of hydrogen-bond donors (Lipinski definition) is 3. The quantitative estimate of drug-likeness (QED) is 0.309. The van der Waals surface area contributed by atoms with Crippen LogP contribution in [0.5, 0.6) is 5.75 Å². The lowest BCUT2D eigenvalue weighted by atomic mass is 9.87. The molecule has 0 aliphatic carbocycles. The Morgan fingerprint density at radius 2 is 1.68 bits per heavy atom. The predicted octanol–water partition coefficient (Wildman–Crippen LogP) is 4.66. The summed E-state index contributed by atoms with van der Waals surface area (Å²) in [6.07, 6.45) is 0.861. The van der Waals surface area contributed by atoms with E-state index >= 15 is 0 Å². The standard InChI is InChI=1S/C29H28N4O4/c1-3-29(20-9-5-4-6-10-20)27(35)33(28(36)31-29)32-25(34)18-17-23-22-11-7-8-12-24(22)30-26(23)19-13-15-21(37-2)16-14-19/h4-16,30H,3,17-18H2,1-2H3,(H,31,36)(H,32,34)/t29-/m1/s1. The maximum Gasteiger partial charge on any atom is 0.344 e. The van der Waals surface area contributed by atoms with E-state index in [9.17, 15) is 14.4 Å². The highest BCUT2D eigenvalue weighted by molar-refractivity contribution is 6.08. The highest BCUT2D eigenvalue weighted by atomic mass is 16.5. The number of amides is 4. The minimum atomic E-state index is -1.20. The third-order valence-corrected chi connectivity index (χ3v) is 6.92. The molecule has 4 amide bonds. The Morgan fingerprint density at radius 3 is 2.38 bits per heavy atom. The minimum absolute atomic E-state index is 0.0898. The molecule has 1 aromatic heterocycles. The number of hydrazine groups is 1. The molecule has 1 atom stereocenters. The number of ether oxygens (including phenoxy) is 1. The minimum Gasteiger partial charge on any atom is -0.497 e. The van der Waals surface area contributed by atoms with Gasteiger partial charge < -0.3 is 15.0 Å². The normalized spacial score (nSPS) is 17.2. The molecule has 0 spiro atoms. The number of fused-ring (bicyclic) bond motifs is 1. The Labute approximate surface area is 214 Å². The van der Waals surface area contributed by atoms with E-state index in [1.807, 2.05) is 73.7 Å². The number of rotatable bonds is 8. The lowest BCUT2D eigenvalue weighted by Gasteiger charge is -2.25. The molecule has 188 valence electrons. The number of aromatic amines is 1. The zero-order valence-electron chi connectivity index (χ0n) is 20.7. The average molecular weight is 497 g/mol. The summed E-state index contributed by atoms with van der Waals surface area (Å²) in [4.78, 5) is 42.5. The molecule has 0 radical (unpaired) electrons. The maximum atomic E-state index is 13.3. The molecule has 1 fully saturated rings. The van der Waals surface area contributed by atoms with E-state index in [2.05, 4.69) is 15.7 Å². The van der Waals surface area contributed by atoms with E-state index in [1.54, 1.807) is 19.2 Å². The van der Waals surface area contributed by atoms with Crippen molar-refractivity contribution in [3.05, 3.63) is 90.0 Å². The molecule has 3 N–H and O–H groups in total. The van der Waals surface area contributed by atoms with E-state index in [1.165, 1.54) is 0 Å². The summed E-state index contributed by atoms with van der Waals surface area (Å²) in [5.74, 6) is -0.159. The summed E-state index contributed by atoms with van der Waals surface area (Å²) in [6, 6.07) is 24.1. The maximum absolute atomic E-state index is 13.3. The van der Waals surface area contributed by atoms with Crippen LogP contribution in [-0.4, -0.2) is 34.9 Å². The molecule has 5 rings (SSSR count). The third kappa shape index (κ3) is 4.31. The number of aryl methyl sites for hydroxylation is 1. The van der Waals surface area contributed by atoms with E-state index < -0.39 is 23.4 Å². The second kappa shape index (κ2) is 9.81. The second-order valence-electron chi connectivity index (χ2n) is 8.98. The van der Waals surface area contributed by atoms with Crippen LogP contribution in [0.25, 0.3) is 22.2 Å². The first-order valence-corrected chi connectivity index (χ1v) is 12.2. The molecule has 0 bridgehead atoms. The van der Waals surface area contributed by atoms with Gasteiger partial charge in [-0.25, -0.2) is 4.79 Å². The SMILES string of the molecule is CC[C@]1(c2ccccc2)NC(=O)N(NC(=O)CCc2c(-c3ccc(OC)cc3)[nH]c3ccccc23)C1=O. The van der Waals surface area contributed by atoms with Gasteiger partial charge in [-0.15, -0.1) is 0 Å². The van der Waals surface area contributed by atoms with E-state index in [4.69, 9.17) is 4.74 Å². The number of benzene rings is 3. The fraction of sp³-hybridized carbons (Fsp3) is 0.207. The first-order chi connectivity index (χ1) is 18.0. The van der Waals surface area contributed by atoms with Gasteiger partial charge in [0.05, 0.1) is 7.11 Å². The summed E-state index contributed by atoms with van der Waals surface area (Å²) < 4.78 is 5.28. The molecule has 1 aliphatic heterocycles. The van der Waals surface area contributed by atoms with Gasteiger partial charge in [0.15, 0.2) is 0 Å². The van der Waals surface area contributed by atoms with Crippen molar-refractivity contribution >= 4 is 28.7 Å². The highest BCUT2D eigenvalue weighted by Gasteiger charge is 2.52. The van der Waals surface area contributed by atoms with Gasteiger partial charge in [-0.2, -0.15) is 5.01 Å². The van der Waals surface area contributed by atoms with E-state index in [-0.39, 0.29) is 6.42 Å². The molecule has 1 aliphatic rings. The van der Waals surface area contributed by atoms with Crippen LogP contribution in [0.3, 0.4) is 0 Å². The third-order valence-electron chi connectivity index (χ3n) is 6.92. The van der Waals surface area contributed by atoms with Crippen molar-refractivity contribution in [3.8, 4) is 17.0 Å². The van der Waals surface area contributed by atoms with Crippen LogP contribution >= 0.6 is 0 Å². The number of hydrogen-bond acceptors (Lipinski definition) is 4. The van der Waals surface area contributed by atoms with Gasteiger partial charge in [-0.3, -0.25) is 15.0 Å². The van der Waals surface area contributed by atoms with E-state index in [0.717, 1.165) is 38.5 Å². The topological polar surface area (TPSA) is 104 Å². The molecule has 3 aromatic carbocycles. The Morgan fingerprint density at radius 1 is 0.973 bits per heavy atom. The lowest BCUT2D eigenvalue weighted by molar-refractivity contribution is -0.139. The number of H-pyrrole nitrogens is 1. The fourth-order valence-corrected chi connectivity index (χ4v) is 4.92. The van der Waals surface area contributed by atoms with Crippen LogP contribution < -0.4 is 15.5 Å². The van der Waals surface area contributed by atoms with Crippen molar-refractivity contribution in [2.24, 2.45) is 0 Å². The van der Waals surface area contributed by atoms with Gasteiger partial charge >= 0.3 is 6.03 Å². The molecular formula is C29H28N4O4. The van der Waals surface area contributed by atoms with Crippen LogP contribution in [0.4, 0.5) is 4.79 Å². The van der Waals surface area contributed by atoms with Gasteiger partial charge in [0.25, 0.3) is 5.91 Å². The number of para-hydroxylation sites is 1. The smallest absolute Gasteiger partial charge is 0.344 e. The van der Waals surface area contributed by atoms with E-state index in [0.29, 0.717) is 18.4 Å². The summed E-state index contributed by atoms with van der Waals surface area (Å²) in [5, 5.41) is 4.60.